The second-order valence-electron chi connectivity index (χ2n) is 6.72. The minimum Gasteiger partial charge on any atom is -0.363 e. The average Bonchev–Trinajstić information content (AvgIpc) is 3.12. The fourth-order valence-corrected chi connectivity index (χ4v) is 3.12. The molecule has 0 bridgehead atoms. The van der Waals surface area contributed by atoms with Crippen molar-refractivity contribution in [3.63, 3.8) is 0 Å². The molecule has 2 fully saturated rings. The molecule has 0 aromatic carbocycles. The summed E-state index contributed by atoms with van der Waals surface area (Å²) in [5.41, 5.74) is 0.645. The van der Waals surface area contributed by atoms with Crippen molar-refractivity contribution in [2.45, 2.75) is 37.6 Å². The first-order chi connectivity index (χ1) is 11.6. The van der Waals surface area contributed by atoms with E-state index in [0.29, 0.717) is 17.3 Å². The molecule has 2 aliphatic rings. The van der Waals surface area contributed by atoms with Crippen LogP contribution in [0.1, 0.15) is 59.7 Å². The SMILES string of the molecule is CN(C)c1cc(C(=O)N2CCCC2c2noc(C3CC3)n2)ccn1. The van der Waals surface area contributed by atoms with Gasteiger partial charge in [0.15, 0.2) is 5.82 Å². The van der Waals surface area contributed by atoms with E-state index >= 15 is 0 Å². The van der Waals surface area contributed by atoms with Crippen molar-refractivity contribution in [1.29, 1.82) is 0 Å². The van der Waals surface area contributed by atoms with Crippen molar-refractivity contribution in [1.82, 2.24) is 20.0 Å². The summed E-state index contributed by atoms with van der Waals surface area (Å²) in [7, 11) is 3.82. The molecule has 2 aromatic heterocycles. The molecule has 1 amide bonds. The zero-order chi connectivity index (χ0) is 16.7. The third-order valence-corrected chi connectivity index (χ3v) is 4.65. The van der Waals surface area contributed by atoms with Gasteiger partial charge in [-0.25, -0.2) is 4.98 Å². The smallest absolute Gasteiger partial charge is 0.254 e. The van der Waals surface area contributed by atoms with Gasteiger partial charge in [-0.2, -0.15) is 4.98 Å². The lowest BCUT2D eigenvalue weighted by Crippen LogP contribution is -2.31. The van der Waals surface area contributed by atoms with Gasteiger partial charge in [0.05, 0.1) is 6.04 Å². The number of hydrogen-bond donors (Lipinski definition) is 0. The van der Waals surface area contributed by atoms with Crippen LogP contribution in [-0.2, 0) is 0 Å². The van der Waals surface area contributed by atoms with E-state index in [-0.39, 0.29) is 11.9 Å². The first kappa shape index (κ1) is 15.1. The molecule has 0 radical (unpaired) electrons. The van der Waals surface area contributed by atoms with Crippen LogP contribution in [-0.4, -0.2) is 46.6 Å². The van der Waals surface area contributed by atoms with Crippen molar-refractivity contribution in [2.75, 3.05) is 25.5 Å². The van der Waals surface area contributed by atoms with Gasteiger partial charge in [0.2, 0.25) is 5.89 Å². The topological polar surface area (TPSA) is 75.4 Å². The van der Waals surface area contributed by atoms with E-state index in [0.717, 1.165) is 43.9 Å². The van der Waals surface area contributed by atoms with Crippen LogP contribution >= 0.6 is 0 Å². The molecule has 7 heteroatoms. The van der Waals surface area contributed by atoms with Gasteiger partial charge < -0.3 is 14.3 Å². The minimum absolute atomic E-state index is 0.000715. The van der Waals surface area contributed by atoms with Crippen molar-refractivity contribution in [2.24, 2.45) is 0 Å². The molecule has 7 nitrogen and oxygen atoms in total. The number of carbonyl (C=O) groups is 1. The van der Waals surface area contributed by atoms with Crippen LogP contribution in [0, 0.1) is 0 Å². The Balaban J connectivity index is 1.57. The maximum absolute atomic E-state index is 13.0. The molecule has 1 unspecified atom stereocenters. The van der Waals surface area contributed by atoms with Gasteiger partial charge in [-0.1, -0.05) is 5.16 Å². The summed E-state index contributed by atoms with van der Waals surface area (Å²) in [5, 5.41) is 4.13. The summed E-state index contributed by atoms with van der Waals surface area (Å²) >= 11 is 0. The molecule has 3 heterocycles. The van der Waals surface area contributed by atoms with Crippen LogP contribution in [0.2, 0.25) is 0 Å². The highest BCUT2D eigenvalue weighted by molar-refractivity contribution is 5.95. The zero-order valence-electron chi connectivity index (χ0n) is 14.0. The number of rotatable bonds is 4. The minimum atomic E-state index is -0.0929. The van der Waals surface area contributed by atoms with E-state index < -0.39 is 0 Å². The summed E-state index contributed by atoms with van der Waals surface area (Å²) in [5.74, 6) is 2.57. The molecule has 126 valence electrons. The number of carbonyl (C=O) groups excluding carboxylic acids is 1. The van der Waals surface area contributed by atoms with E-state index in [2.05, 4.69) is 15.1 Å². The summed E-state index contributed by atoms with van der Waals surface area (Å²) in [4.78, 5) is 25.5. The number of aromatic nitrogens is 3. The van der Waals surface area contributed by atoms with Gasteiger partial charge >= 0.3 is 0 Å². The van der Waals surface area contributed by atoms with Gasteiger partial charge in [-0.15, -0.1) is 0 Å². The number of amides is 1. The monoisotopic (exact) mass is 327 g/mol. The summed E-state index contributed by atoms with van der Waals surface area (Å²) in [6, 6.07) is 3.49. The first-order valence-corrected chi connectivity index (χ1v) is 8.41. The third-order valence-electron chi connectivity index (χ3n) is 4.65. The lowest BCUT2D eigenvalue weighted by molar-refractivity contribution is 0.0728. The van der Waals surface area contributed by atoms with Gasteiger partial charge in [-0.05, 0) is 37.8 Å². The lowest BCUT2D eigenvalue weighted by atomic mass is 10.1. The second-order valence-corrected chi connectivity index (χ2v) is 6.72. The molecular weight excluding hydrogens is 306 g/mol. The number of anilines is 1. The second kappa shape index (κ2) is 5.89. The zero-order valence-corrected chi connectivity index (χ0v) is 14.0. The Hall–Kier alpha value is -2.44. The number of pyridine rings is 1. The first-order valence-electron chi connectivity index (χ1n) is 8.41. The summed E-state index contributed by atoms with van der Waals surface area (Å²) < 4.78 is 5.37. The normalized spacial score (nSPS) is 20.4. The Bertz CT molecular complexity index is 753. The van der Waals surface area contributed by atoms with Gasteiger partial charge in [-0.3, -0.25) is 4.79 Å². The van der Waals surface area contributed by atoms with Crippen molar-refractivity contribution in [3.05, 3.63) is 35.6 Å². The fourth-order valence-electron chi connectivity index (χ4n) is 3.12. The highest BCUT2D eigenvalue weighted by Crippen LogP contribution is 2.40. The van der Waals surface area contributed by atoms with E-state index in [1.54, 1.807) is 12.3 Å². The van der Waals surface area contributed by atoms with Gasteiger partial charge in [0, 0.05) is 38.3 Å². The van der Waals surface area contributed by atoms with Crippen LogP contribution in [0.5, 0.6) is 0 Å². The summed E-state index contributed by atoms with van der Waals surface area (Å²) in [6.45, 7) is 0.719. The molecule has 4 rings (SSSR count). The molecule has 0 spiro atoms. The molecular formula is C17H21N5O2. The fraction of sp³-hybridized carbons (Fsp3) is 0.529. The molecule has 1 saturated heterocycles. The molecule has 1 saturated carbocycles. The van der Waals surface area contributed by atoms with Crippen molar-refractivity contribution in [3.8, 4) is 0 Å². The molecule has 0 N–H and O–H groups in total. The maximum Gasteiger partial charge on any atom is 0.254 e. The van der Waals surface area contributed by atoms with Crippen molar-refractivity contribution >= 4 is 11.7 Å². The largest absolute Gasteiger partial charge is 0.363 e. The predicted molar refractivity (Wildman–Crippen MR) is 87.8 cm³/mol. The Morgan fingerprint density at radius 2 is 2.17 bits per heavy atom. The Labute approximate surface area is 140 Å². The highest BCUT2D eigenvalue weighted by Gasteiger charge is 2.36. The molecule has 24 heavy (non-hydrogen) atoms. The van der Waals surface area contributed by atoms with E-state index in [1.165, 1.54) is 0 Å². The molecule has 1 aliphatic carbocycles. The molecule has 1 aliphatic heterocycles. The maximum atomic E-state index is 13.0. The van der Waals surface area contributed by atoms with Gasteiger partial charge in [0.1, 0.15) is 5.82 Å². The molecule has 1 atom stereocenters. The van der Waals surface area contributed by atoms with Crippen LogP contribution < -0.4 is 4.90 Å². The average molecular weight is 327 g/mol. The van der Waals surface area contributed by atoms with Crippen molar-refractivity contribution < 1.29 is 9.32 Å². The standard InChI is InChI=1S/C17H21N5O2/c1-21(2)14-10-12(7-8-18-14)17(23)22-9-3-4-13(22)15-19-16(24-20-15)11-5-6-11/h7-8,10-11,13H,3-6,9H2,1-2H3. The van der Waals surface area contributed by atoms with Crippen LogP contribution in [0.15, 0.2) is 22.9 Å². The van der Waals surface area contributed by atoms with Crippen LogP contribution in [0.4, 0.5) is 5.82 Å². The van der Waals surface area contributed by atoms with Crippen LogP contribution in [0.3, 0.4) is 0 Å². The summed E-state index contributed by atoms with van der Waals surface area (Å²) in [6.07, 6.45) is 5.75. The highest BCUT2D eigenvalue weighted by atomic mass is 16.5. The van der Waals surface area contributed by atoms with Crippen LogP contribution in [0.25, 0.3) is 0 Å². The number of nitrogens with zero attached hydrogens (tertiary/aromatic N) is 5. The Kier molecular flexibility index (Phi) is 3.70. The predicted octanol–water partition coefficient (Wildman–Crippen LogP) is 2.39. The quantitative estimate of drug-likeness (QED) is 0.858. The van der Waals surface area contributed by atoms with E-state index in [4.69, 9.17) is 4.52 Å². The Morgan fingerprint density at radius 1 is 1.33 bits per heavy atom. The van der Waals surface area contributed by atoms with E-state index in [1.807, 2.05) is 30.0 Å². The van der Waals surface area contributed by atoms with Gasteiger partial charge in [0.25, 0.3) is 5.91 Å². The molecule has 2 aromatic rings. The number of likely N-dealkylation sites (tertiary alicyclic amines) is 1. The van der Waals surface area contributed by atoms with E-state index in [9.17, 15) is 4.79 Å². The third kappa shape index (κ3) is 2.74. The number of hydrogen-bond acceptors (Lipinski definition) is 6. The Morgan fingerprint density at radius 3 is 2.92 bits per heavy atom. The lowest BCUT2D eigenvalue weighted by Gasteiger charge is -2.22.